The minimum Gasteiger partial charge on any atom is -0.369 e. The van der Waals surface area contributed by atoms with E-state index in [2.05, 4.69) is 9.80 Å². The van der Waals surface area contributed by atoms with Crippen LogP contribution in [0.25, 0.3) is 0 Å². The molecule has 194 valence electrons. The van der Waals surface area contributed by atoms with Gasteiger partial charge in [0, 0.05) is 50.7 Å². The molecule has 3 saturated carbocycles. The summed E-state index contributed by atoms with van der Waals surface area (Å²) in [7, 11) is 0. The maximum atomic E-state index is 13.1. The first-order chi connectivity index (χ1) is 15.8. The van der Waals surface area contributed by atoms with Crippen molar-refractivity contribution in [2.75, 3.05) is 44.2 Å². The Morgan fingerprint density at radius 3 is 2.29 bits per heavy atom. The number of piperazine rings is 1. The lowest BCUT2D eigenvalue weighted by molar-refractivity contribution is -0.190. The number of hydrogen-bond acceptors (Lipinski definition) is 6. The highest BCUT2D eigenvalue weighted by molar-refractivity contribution is 6.08. The Kier molecular flexibility index (Phi) is 8.52. The van der Waals surface area contributed by atoms with E-state index < -0.39 is 17.3 Å². The molecule has 5 atom stereocenters. The van der Waals surface area contributed by atoms with Crippen LogP contribution in [0.3, 0.4) is 0 Å². The number of benzene rings is 1. The van der Waals surface area contributed by atoms with E-state index in [1.807, 2.05) is 13.8 Å². The fourth-order valence-corrected chi connectivity index (χ4v) is 6.77. The van der Waals surface area contributed by atoms with Crippen LogP contribution in [0.5, 0.6) is 0 Å². The quantitative estimate of drug-likeness (QED) is 0.415. The van der Waals surface area contributed by atoms with E-state index >= 15 is 0 Å². The highest BCUT2D eigenvalue weighted by Gasteiger charge is 2.67. The Morgan fingerprint density at radius 1 is 1.00 bits per heavy atom. The molecule has 5 fully saturated rings. The highest BCUT2D eigenvalue weighted by atomic mass is 35.5. The van der Waals surface area contributed by atoms with Crippen LogP contribution in [0.4, 0.5) is 10.1 Å². The molecular weight excluding hydrogens is 496 g/mol. The first-order valence-electron chi connectivity index (χ1n) is 12.0. The van der Waals surface area contributed by atoms with Gasteiger partial charge < -0.3 is 4.90 Å². The maximum Gasteiger partial charge on any atom is 0.258 e. The molecule has 7 nitrogen and oxygen atoms in total. The van der Waals surface area contributed by atoms with Crippen LogP contribution in [0.2, 0.25) is 0 Å². The summed E-state index contributed by atoms with van der Waals surface area (Å²) in [6.07, 6.45) is 1.90. The fraction of sp³-hybridized carbons (Fsp3) is 0.640. The number of rotatable bonds is 6. The predicted octanol–water partition coefficient (Wildman–Crippen LogP) is 3.35. The van der Waals surface area contributed by atoms with Gasteiger partial charge >= 0.3 is 0 Å². The number of anilines is 1. The minimum absolute atomic E-state index is 0. The molecule has 2 aliphatic heterocycles. The van der Waals surface area contributed by atoms with E-state index in [-0.39, 0.29) is 60.1 Å². The van der Waals surface area contributed by atoms with Crippen molar-refractivity contribution in [3.63, 3.8) is 0 Å². The summed E-state index contributed by atoms with van der Waals surface area (Å²) in [5, 5.41) is 0.976. The second-order valence-corrected chi connectivity index (χ2v) is 10.5. The summed E-state index contributed by atoms with van der Waals surface area (Å²) in [5.74, 6) is -1.88. The van der Waals surface area contributed by atoms with Crippen molar-refractivity contribution >= 4 is 48.1 Å². The summed E-state index contributed by atoms with van der Waals surface area (Å²) in [5.41, 5.74) is 0.590. The standard InChI is InChI=1S/C25H32FN3O4.2ClH/c1-16-14-25(2)15-19(30)20(16)21-22(25)24(32)29(23(21)31)33-13-3-8-27-9-11-28(12-10-27)18-6-4-17(26)5-7-18;;/h4-7,16,20-22H,3,8-15H2,1-2H3;2*1H/t16?,20-,21?,22?,25+;;/m0../s1. The van der Waals surface area contributed by atoms with Gasteiger partial charge in [0.2, 0.25) is 0 Å². The average Bonchev–Trinajstić information content (AvgIpc) is 3.03. The Morgan fingerprint density at radius 2 is 1.66 bits per heavy atom. The van der Waals surface area contributed by atoms with Gasteiger partial charge in [-0.1, -0.05) is 13.8 Å². The molecule has 2 bridgehead atoms. The number of halogens is 3. The topological polar surface area (TPSA) is 70.2 Å². The van der Waals surface area contributed by atoms with E-state index in [9.17, 15) is 18.8 Å². The SMILES string of the molecule is CC1C[C@]2(C)CC(=O)[C@H]1C1C(=O)N(OCCCN3CCN(c4ccc(F)cc4)CC3)C(=O)C12.Cl.Cl. The lowest BCUT2D eigenvalue weighted by atomic mass is 9.48. The predicted molar refractivity (Wildman–Crippen MR) is 134 cm³/mol. The Balaban J connectivity index is 0.00000171. The molecule has 1 aromatic carbocycles. The lowest BCUT2D eigenvalue weighted by Crippen LogP contribution is -2.56. The van der Waals surface area contributed by atoms with Crippen molar-refractivity contribution in [2.45, 2.75) is 33.1 Å². The van der Waals surface area contributed by atoms with Gasteiger partial charge in [0.05, 0.1) is 18.4 Å². The fourth-order valence-electron chi connectivity index (χ4n) is 6.77. The van der Waals surface area contributed by atoms with Gasteiger partial charge in [-0.2, -0.15) is 5.06 Å². The molecule has 10 heteroatoms. The van der Waals surface area contributed by atoms with E-state index in [1.54, 1.807) is 12.1 Å². The minimum atomic E-state index is -0.549. The van der Waals surface area contributed by atoms with Crippen LogP contribution in [-0.4, -0.2) is 66.9 Å². The molecule has 35 heavy (non-hydrogen) atoms. The van der Waals surface area contributed by atoms with Crippen LogP contribution in [0.1, 0.15) is 33.1 Å². The van der Waals surface area contributed by atoms with Gasteiger partial charge in [0.25, 0.3) is 11.8 Å². The van der Waals surface area contributed by atoms with E-state index in [0.29, 0.717) is 19.4 Å². The number of hydroxylamine groups is 2. The molecule has 3 unspecified atom stereocenters. The van der Waals surface area contributed by atoms with Crippen molar-refractivity contribution in [3.05, 3.63) is 30.1 Å². The molecule has 0 spiro atoms. The number of hydrogen-bond donors (Lipinski definition) is 0. The average molecular weight is 530 g/mol. The van der Waals surface area contributed by atoms with Crippen LogP contribution in [-0.2, 0) is 19.2 Å². The van der Waals surface area contributed by atoms with Gasteiger partial charge in [0.15, 0.2) is 0 Å². The Hall–Kier alpha value is -1.74. The van der Waals surface area contributed by atoms with Crippen LogP contribution in [0, 0.1) is 34.9 Å². The van der Waals surface area contributed by atoms with E-state index in [4.69, 9.17) is 4.84 Å². The molecule has 1 aromatic rings. The summed E-state index contributed by atoms with van der Waals surface area (Å²) >= 11 is 0. The lowest BCUT2D eigenvalue weighted by Gasteiger charge is -2.52. The van der Waals surface area contributed by atoms with Gasteiger partial charge in [0.1, 0.15) is 11.6 Å². The molecule has 5 aliphatic rings. The van der Waals surface area contributed by atoms with Crippen molar-refractivity contribution in [3.8, 4) is 0 Å². The van der Waals surface area contributed by atoms with E-state index in [0.717, 1.165) is 49.9 Å². The van der Waals surface area contributed by atoms with Crippen LogP contribution >= 0.6 is 24.8 Å². The second kappa shape index (κ2) is 10.7. The van der Waals surface area contributed by atoms with Crippen molar-refractivity contribution in [2.24, 2.45) is 29.1 Å². The number of carbonyl (C=O) groups is 3. The number of imide groups is 1. The van der Waals surface area contributed by atoms with Gasteiger partial charge in [-0.15, -0.1) is 24.8 Å². The number of Topliss-reactive ketones (excluding diaryl/α,β-unsaturated/α-hetero) is 1. The molecule has 0 N–H and O–H groups in total. The molecule has 2 heterocycles. The number of carbonyl (C=O) groups excluding carboxylic acids is 3. The Bertz CT molecular complexity index is 957. The molecule has 3 aliphatic carbocycles. The Labute approximate surface area is 218 Å². The smallest absolute Gasteiger partial charge is 0.258 e. The summed E-state index contributed by atoms with van der Waals surface area (Å²) < 4.78 is 13.1. The zero-order valence-corrected chi connectivity index (χ0v) is 21.8. The summed E-state index contributed by atoms with van der Waals surface area (Å²) in [6, 6.07) is 6.58. The normalized spacial score (nSPS) is 32.4. The monoisotopic (exact) mass is 529 g/mol. The van der Waals surface area contributed by atoms with E-state index in [1.165, 1.54) is 12.1 Å². The third-order valence-electron chi connectivity index (χ3n) is 8.20. The highest BCUT2D eigenvalue weighted by Crippen LogP contribution is 2.60. The molecule has 2 saturated heterocycles. The number of fused-ring (bicyclic) bond motifs is 2. The maximum absolute atomic E-state index is 13.1. The third-order valence-corrected chi connectivity index (χ3v) is 8.20. The van der Waals surface area contributed by atoms with Crippen molar-refractivity contribution in [1.29, 1.82) is 0 Å². The number of amides is 2. The van der Waals surface area contributed by atoms with Crippen molar-refractivity contribution < 1.29 is 23.6 Å². The molecule has 6 rings (SSSR count). The zero-order chi connectivity index (χ0) is 23.3. The summed E-state index contributed by atoms with van der Waals surface area (Å²) in [6.45, 7) is 8.63. The van der Waals surface area contributed by atoms with Gasteiger partial charge in [-0.05, 0) is 48.4 Å². The largest absolute Gasteiger partial charge is 0.369 e. The number of nitrogens with zero attached hydrogens (tertiary/aromatic N) is 3. The molecule has 2 amide bonds. The zero-order valence-electron chi connectivity index (χ0n) is 20.2. The van der Waals surface area contributed by atoms with Crippen molar-refractivity contribution in [1.82, 2.24) is 9.96 Å². The first-order valence-corrected chi connectivity index (χ1v) is 12.0. The molecule has 0 aromatic heterocycles. The molecular formula is C25H34Cl2FN3O4. The number of ketones is 1. The molecule has 0 radical (unpaired) electrons. The third kappa shape index (κ3) is 4.95. The van der Waals surface area contributed by atoms with Gasteiger partial charge in [-0.3, -0.25) is 24.1 Å². The first kappa shape index (κ1) is 27.8. The van der Waals surface area contributed by atoms with Gasteiger partial charge in [-0.25, -0.2) is 4.39 Å². The van der Waals surface area contributed by atoms with Crippen LogP contribution < -0.4 is 4.90 Å². The summed E-state index contributed by atoms with van der Waals surface area (Å²) in [4.78, 5) is 49.0. The second-order valence-electron chi connectivity index (χ2n) is 10.5. The van der Waals surface area contributed by atoms with Crippen LogP contribution in [0.15, 0.2) is 24.3 Å².